The molecule has 0 radical (unpaired) electrons. The van der Waals surface area contributed by atoms with Crippen LogP contribution in [0.3, 0.4) is 0 Å². The highest BCUT2D eigenvalue weighted by Crippen LogP contribution is 2.47. The highest BCUT2D eigenvalue weighted by atomic mass is 32.2. The summed E-state index contributed by atoms with van der Waals surface area (Å²) in [7, 11) is 0. The van der Waals surface area contributed by atoms with E-state index in [9.17, 15) is 0 Å². The van der Waals surface area contributed by atoms with Gasteiger partial charge in [-0.15, -0.1) is 0 Å². The van der Waals surface area contributed by atoms with Crippen LogP contribution in [0.25, 0.3) is 0 Å². The first-order valence-electron chi connectivity index (χ1n) is 8.05. The van der Waals surface area contributed by atoms with Crippen molar-refractivity contribution in [1.29, 1.82) is 0 Å². The van der Waals surface area contributed by atoms with Crippen LogP contribution in [0.5, 0.6) is 0 Å². The molecule has 1 aliphatic carbocycles. The quantitative estimate of drug-likeness (QED) is 0.835. The van der Waals surface area contributed by atoms with Crippen LogP contribution in [-0.4, -0.2) is 36.3 Å². The number of thioether (sulfide) groups is 1. The molecule has 2 unspecified atom stereocenters. The molecule has 0 bridgehead atoms. The molecule has 2 heterocycles. The van der Waals surface area contributed by atoms with Crippen molar-refractivity contribution in [2.45, 2.75) is 64.0 Å². The summed E-state index contributed by atoms with van der Waals surface area (Å²) in [6.07, 6.45) is 7.97. The summed E-state index contributed by atoms with van der Waals surface area (Å²) >= 11 is 2.08. The smallest absolute Gasteiger partial charge is 0.0783 e. The first-order valence-corrected chi connectivity index (χ1v) is 9.20. The molecule has 3 fully saturated rings. The molecule has 0 aromatic heterocycles. The van der Waals surface area contributed by atoms with Crippen molar-refractivity contribution in [3.8, 4) is 0 Å². The summed E-state index contributed by atoms with van der Waals surface area (Å²) in [6.45, 7) is 7.15. The van der Waals surface area contributed by atoms with Crippen molar-refractivity contribution < 1.29 is 4.74 Å². The summed E-state index contributed by atoms with van der Waals surface area (Å²) in [5, 5.41) is 3.68. The Bertz CT molecular complexity index is 308. The van der Waals surface area contributed by atoms with Crippen molar-refractivity contribution >= 4 is 11.8 Å². The second-order valence-electron chi connectivity index (χ2n) is 7.49. The van der Waals surface area contributed by atoms with Crippen molar-refractivity contribution in [3.05, 3.63) is 0 Å². The topological polar surface area (TPSA) is 21.3 Å². The number of hydrogen-bond acceptors (Lipinski definition) is 3. The van der Waals surface area contributed by atoms with Gasteiger partial charge in [-0.3, -0.25) is 0 Å². The van der Waals surface area contributed by atoms with Crippen molar-refractivity contribution in [2.75, 3.05) is 24.7 Å². The van der Waals surface area contributed by atoms with E-state index in [0.29, 0.717) is 5.41 Å². The molecule has 1 spiro atoms. The number of hydrogen-bond donors (Lipinski definition) is 1. The van der Waals surface area contributed by atoms with E-state index >= 15 is 0 Å². The predicted octanol–water partition coefficient (Wildman–Crippen LogP) is 3.46. The van der Waals surface area contributed by atoms with Crippen LogP contribution in [0.2, 0.25) is 0 Å². The van der Waals surface area contributed by atoms with E-state index in [-0.39, 0.29) is 5.60 Å². The van der Waals surface area contributed by atoms with E-state index < -0.39 is 0 Å². The predicted molar refractivity (Wildman–Crippen MR) is 82.8 cm³/mol. The molecule has 1 N–H and O–H groups in total. The molecule has 3 aliphatic rings. The zero-order valence-electron chi connectivity index (χ0n) is 12.5. The molecule has 0 amide bonds. The molecule has 0 aromatic carbocycles. The second-order valence-corrected chi connectivity index (χ2v) is 8.60. The lowest BCUT2D eigenvalue weighted by atomic mass is 9.68. The van der Waals surface area contributed by atoms with Gasteiger partial charge in [-0.05, 0) is 62.2 Å². The summed E-state index contributed by atoms with van der Waals surface area (Å²) in [5.74, 6) is 3.39. The molecule has 3 rings (SSSR count). The molecule has 0 aromatic rings. The lowest BCUT2D eigenvalue weighted by molar-refractivity contribution is -0.101. The fourth-order valence-corrected chi connectivity index (χ4v) is 5.03. The maximum Gasteiger partial charge on any atom is 0.0783 e. The van der Waals surface area contributed by atoms with Crippen LogP contribution < -0.4 is 5.32 Å². The molecule has 2 aliphatic heterocycles. The number of nitrogens with one attached hydrogen (secondary N) is 1. The third-order valence-electron chi connectivity index (χ3n) is 5.44. The Hall–Kier alpha value is 0.270. The summed E-state index contributed by atoms with van der Waals surface area (Å²) in [5.41, 5.74) is 0.709. The minimum atomic E-state index is 0.245. The maximum absolute atomic E-state index is 6.17. The zero-order chi connectivity index (χ0) is 13.3. The average Bonchev–Trinajstić information content (AvgIpc) is 3.10. The first-order chi connectivity index (χ1) is 9.10. The lowest BCUT2D eigenvalue weighted by Gasteiger charge is -2.44. The van der Waals surface area contributed by atoms with Crippen molar-refractivity contribution in [3.63, 3.8) is 0 Å². The highest BCUT2D eigenvalue weighted by Gasteiger charge is 2.44. The van der Waals surface area contributed by atoms with Gasteiger partial charge in [0.05, 0.1) is 5.60 Å². The van der Waals surface area contributed by atoms with Crippen molar-refractivity contribution in [1.82, 2.24) is 5.32 Å². The summed E-state index contributed by atoms with van der Waals surface area (Å²) in [6, 6.07) is 0.850. The first kappa shape index (κ1) is 14.2. The molecule has 3 heteroatoms. The Labute approximate surface area is 122 Å². The van der Waals surface area contributed by atoms with E-state index in [0.717, 1.165) is 18.6 Å². The van der Waals surface area contributed by atoms with Crippen LogP contribution in [0, 0.1) is 11.3 Å². The molecule has 2 atom stereocenters. The SMILES string of the molecule is CC(C)(CCNC1CC1)C1CCOC2(CCSC2)C1. The Morgan fingerprint density at radius 3 is 2.84 bits per heavy atom. The van der Waals surface area contributed by atoms with E-state index in [1.54, 1.807) is 0 Å². The van der Waals surface area contributed by atoms with Gasteiger partial charge in [-0.1, -0.05) is 13.8 Å². The van der Waals surface area contributed by atoms with Crippen LogP contribution in [-0.2, 0) is 4.74 Å². The normalized spacial score (nSPS) is 36.0. The number of ether oxygens (including phenoxy) is 1. The number of rotatable bonds is 5. The highest BCUT2D eigenvalue weighted by molar-refractivity contribution is 7.99. The van der Waals surface area contributed by atoms with Gasteiger partial charge in [0.1, 0.15) is 0 Å². The molecule has 1 saturated carbocycles. The standard InChI is InChI=1S/C16H29NOS/c1-15(2,6-8-17-14-3-4-14)13-5-9-18-16(11-13)7-10-19-12-16/h13-14,17H,3-12H2,1-2H3. The van der Waals surface area contributed by atoms with Gasteiger partial charge in [-0.2, -0.15) is 11.8 Å². The Kier molecular flexibility index (Phi) is 4.17. The summed E-state index contributed by atoms with van der Waals surface area (Å²) in [4.78, 5) is 0. The van der Waals surface area contributed by atoms with Crippen LogP contribution in [0.1, 0.15) is 52.4 Å². The molecule has 110 valence electrons. The third-order valence-corrected chi connectivity index (χ3v) is 6.67. The van der Waals surface area contributed by atoms with Crippen LogP contribution in [0.4, 0.5) is 0 Å². The van der Waals surface area contributed by atoms with Gasteiger partial charge in [0.2, 0.25) is 0 Å². The maximum atomic E-state index is 6.17. The van der Waals surface area contributed by atoms with Gasteiger partial charge in [0.25, 0.3) is 0 Å². The fraction of sp³-hybridized carbons (Fsp3) is 1.00. The van der Waals surface area contributed by atoms with E-state index in [1.807, 2.05) is 0 Å². The van der Waals surface area contributed by atoms with E-state index in [1.165, 1.54) is 56.6 Å². The van der Waals surface area contributed by atoms with E-state index in [4.69, 9.17) is 4.74 Å². The van der Waals surface area contributed by atoms with Gasteiger partial charge in [-0.25, -0.2) is 0 Å². The van der Waals surface area contributed by atoms with Crippen LogP contribution in [0.15, 0.2) is 0 Å². The minimum absolute atomic E-state index is 0.245. The van der Waals surface area contributed by atoms with Gasteiger partial charge in [0.15, 0.2) is 0 Å². The lowest BCUT2D eigenvalue weighted by Crippen LogP contribution is -2.44. The Morgan fingerprint density at radius 1 is 1.32 bits per heavy atom. The molecule has 19 heavy (non-hydrogen) atoms. The second kappa shape index (κ2) is 5.57. The van der Waals surface area contributed by atoms with Gasteiger partial charge >= 0.3 is 0 Å². The molecule has 2 nitrogen and oxygen atoms in total. The van der Waals surface area contributed by atoms with Gasteiger partial charge in [0, 0.05) is 18.4 Å². The Balaban J connectivity index is 1.53. The monoisotopic (exact) mass is 283 g/mol. The average molecular weight is 283 g/mol. The van der Waals surface area contributed by atoms with Gasteiger partial charge < -0.3 is 10.1 Å². The zero-order valence-corrected chi connectivity index (χ0v) is 13.4. The molecular weight excluding hydrogens is 254 g/mol. The van der Waals surface area contributed by atoms with Crippen LogP contribution >= 0.6 is 11.8 Å². The largest absolute Gasteiger partial charge is 0.374 e. The van der Waals surface area contributed by atoms with Crippen molar-refractivity contribution in [2.24, 2.45) is 11.3 Å². The Morgan fingerprint density at radius 2 is 2.16 bits per heavy atom. The molecule has 2 saturated heterocycles. The molecular formula is C16H29NOS. The summed E-state index contributed by atoms with van der Waals surface area (Å²) < 4.78 is 6.17. The minimum Gasteiger partial charge on any atom is -0.374 e. The fourth-order valence-electron chi connectivity index (χ4n) is 3.65. The van der Waals surface area contributed by atoms with E-state index in [2.05, 4.69) is 30.9 Å². The third kappa shape index (κ3) is 3.48.